The van der Waals surface area contributed by atoms with Crippen LogP contribution in [0.25, 0.3) is 10.9 Å². The first-order valence-corrected chi connectivity index (χ1v) is 6.06. The summed E-state index contributed by atoms with van der Waals surface area (Å²) in [7, 11) is 0. The van der Waals surface area contributed by atoms with Gasteiger partial charge < -0.3 is 11.1 Å². The van der Waals surface area contributed by atoms with Gasteiger partial charge in [0.1, 0.15) is 5.82 Å². The minimum atomic E-state index is 0.672. The Balaban J connectivity index is 1.96. The van der Waals surface area contributed by atoms with E-state index in [1.54, 1.807) is 12.4 Å². The number of aryl methyl sites for hydroxylation is 1. The highest BCUT2D eigenvalue weighted by Gasteiger charge is 2.02. The van der Waals surface area contributed by atoms with Crippen LogP contribution in [0.15, 0.2) is 48.8 Å². The number of nitrogens with two attached hydrogens (primary N) is 1. The van der Waals surface area contributed by atoms with E-state index >= 15 is 0 Å². The zero-order valence-electron chi connectivity index (χ0n) is 10.6. The van der Waals surface area contributed by atoms with Gasteiger partial charge >= 0.3 is 0 Å². The molecule has 0 bridgehead atoms. The van der Waals surface area contributed by atoms with Crippen LogP contribution in [0.5, 0.6) is 0 Å². The fraction of sp³-hybridized carbons (Fsp3) is 0.0667. The summed E-state index contributed by atoms with van der Waals surface area (Å²) >= 11 is 0. The number of hydrogen-bond acceptors (Lipinski definition) is 4. The lowest BCUT2D eigenvalue weighted by molar-refractivity contribution is 1.26. The maximum absolute atomic E-state index is 5.70. The van der Waals surface area contributed by atoms with Crippen molar-refractivity contribution in [1.82, 2.24) is 9.97 Å². The Labute approximate surface area is 111 Å². The molecule has 19 heavy (non-hydrogen) atoms. The van der Waals surface area contributed by atoms with Crippen LogP contribution >= 0.6 is 0 Å². The van der Waals surface area contributed by atoms with Crippen LogP contribution < -0.4 is 11.1 Å². The lowest BCUT2D eigenvalue weighted by Gasteiger charge is -2.09. The second-order valence-corrected chi connectivity index (χ2v) is 4.47. The normalized spacial score (nSPS) is 10.6. The molecule has 4 heteroatoms. The average Bonchev–Trinajstić information content (AvgIpc) is 2.42. The van der Waals surface area contributed by atoms with Crippen molar-refractivity contribution < 1.29 is 0 Å². The van der Waals surface area contributed by atoms with Gasteiger partial charge in [-0.15, -0.1) is 0 Å². The Kier molecular flexibility index (Phi) is 2.76. The van der Waals surface area contributed by atoms with E-state index < -0.39 is 0 Å². The van der Waals surface area contributed by atoms with Crippen LogP contribution in [0.4, 0.5) is 17.2 Å². The zero-order chi connectivity index (χ0) is 13.2. The second-order valence-electron chi connectivity index (χ2n) is 4.47. The van der Waals surface area contributed by atoms with Crippen molar-refractivity contribution in [3.05, 3.63) is 54.4 Å². The second kappa shape index (κ2) is 4.57. The summed E-state index contributed by atoms with van der Waals surface area (Å²) in [6.45, 7) is 1.98. The van der Waals surface area contributed by atoms with Gasteiger partial charge in [-0.1, -0.05) is 6.07 Å². The molecule has 0 aliphatic rings. The maximum atomic E-state index is 5.70. The third-order valence-electron chi connectivity index (χ3n) is 2.97. The van der Waals surface area contributed by atoms with Gasteiger partial charge in [0, 0.05) is 17.3 Å². The lowest BCUT2D eigenvalue weighted by Crippen LogP contribution is -1.98. The maximum Gasteiger partial charge on any atom is 0.133 e. The molecule has 0 fully saturated rings. The summed E-state index contributed by atoms with van der Waals surface area (Å²) in [5, 5.41) is 4.39. The number of pyridine rings is 2. The highest BCUT2D eigenvalue weighted by atomic mass is 15.0. The number of fused-ring (bicyclic) bond motifs is 1. The van der Waals surface area contributed by atoms with E-state index in [0.717, 1.165) is 28.0 Å². The first-order valence-electron chi connectivity index (χ1n) is 6.06. The van der Waals surface area contributed by atoms with Crippen molar-refractivity contribution in [3.8, 4) is 0 Å². The Morgan fingerprint density at radius 2 is 2.00 bits per heavy atom. The standard InChI is InChI=1S/C15H14N4/c1-10-7-12(16)9-18-15(10)19-13-4-5-14-11(8-13)3-2-6-17-14/h2-9H,16H2,1H3,(H,18,19). The third kappa shape index (κ3) is 2.33. The van der Waals surface area contributed by atoms with Gasteiger partial charge in [-0.2, -0.15) is 0 Å². The van der Waals surface area contributed by atoms with Gasteiger partial charge in [-0.25, -0.2) is 4.98 Å². The van der Waals surface area contributed by atoms with E-state index in [1.807, 2.05) is 37.3 Å². The summed E-state index contributed by atoms with van der Waals surface area (Å²) < 4.78 is 0. The molecule has 0 aliphatic heterocycles. The predicted molar refractivity (Wildman–Crippen MR) is 78.4 cm³/mol. The number of anilines is 3. The average molecular weight is 250 g/mol. The van der Waals surface area contributed by atoms with Crippen LogP contribution in [0.3, 0.4) is 0 Å². The summed E-state index contributed by atoms with van der Waals surface area (Å²) in [6.07, 6.45) is 3.44. The van der Waals surface area contributed by atoms with Gasteiger partial charge in [-0.3, -0.25) is 4.98 Å². The van der Waals surface area contributed by atoms with Crippen molar-refractivity contribution in [2.24, 2.45) is 0 Å². The molecule has 0 unspecified atom stereocenters. The van der Waals surface area contributed by atoms with Crippen LogP contribution in [-0.4, -0.2) is 9.97 Å². The van der Waals surface area contributed by atoms with Crippen molar-refractivity contribution in [1.29, 1.82) is 0 Å². The number of hydrogen-bond donors (Lipinski definition) is 2. The fourth-order valence-corrected chi connectivity index (χ4v) is 2.02. The van der Waals surface area contributed by atoms with Crippen molar-refractivity contribution in [2.45, 2.75) is 6.92 Å². The third-order valence-corrected chi connectivity index (χ3v) is 2.97. The van der Waals surface area contributed by atoms with E-state index in [-0.39, 0.29) is 0 Å². The fourth-order valence-electron chi connectivity index (χ4n) is 2.02. The molecular formula is C15H14N4. The first-order chi connectivity index (χ1) is 9.22. The predicted octanol–water partition coefficient (Wildman–Crippen LogP) is 3.26. The van der Waals surface area contributed by atoms with E-state index in [2.05, 4.69) is 21.4 Å². The monoisotopic (exact) mass is 250 g/mol. The molecule has 0 atom stereocenters. The molecule has 0 spiro atoms. The molecule has 0 saturated heterocycles. The lowest BCUT2D eigenvalue weighted by atomic mass is 10.2. The number of rotatable bonds is 2. The summed E-state index contributed by atoms with van der Waals surface area (Å²) in [5.41, 5.74) is 9.36. The van der Waals surface area contributed by atoms with E-state index in [0.29, 0.717) is 5.69 Å². The van der Waals surface area contributed by atoms with Gasteiger partial charge in [0.15, 0.2) is 0 Å². The molecule has 94 valence electrons. The van der Waals surface area contributed by atoms with E-state index in [1.165, 1.54) is 0 Å². The summed E-state index contributed by atoms with van der Waals surface area (Å²) in [4.78, 5) is 8.60. The Bertz CT molecular complexity index is 737. The van der Waals surface area contributed by atoms with Crippen LogP contribution in [-0.2, 0) is 0 Å². The van der Waals surface area contributed by atoms with Gasteiger partial charge in [0.2, 0.25) is 0 Å². The number of aromatic nitrogens is 2. The minimum absolute atomic E-state index is 0.672. The molecule has 2 aromatic heterocycles. The molecule has 0 saturated carbocycles. The highest BCUT2D eigenvalue weighted by molar-refractivity contribution is 5.83. The molecule has 1 aromatic carbocycles. The number of nitrogens with zero attached hydrogens (tertiary/aromatic N) is 2. The van der Waals surface area contributed by atoms with Gasteiger partial charge in [-0.05, 0) is 42.8 Å². The largest absolute Gasteiger partial charge is 0.397 e. The topological polar surface area (TPSA) is 63.8 Å². The molecule has 0 radical (unpaired) electrons. The Morgan fingerprint density at radius 3 is 2.84 bits per heavy atom. The number of nitrogens with one attached hydrogen (secondary N) is 1. The Morgan fingerprint density at radius 1 is 1.11 bits per heavy atom. The quantitative estimate of drug-likeness (QED) is 0.732. The smallest absolute Gasteiger partial charge is 0.133 e. The van der Waals surface area contributed by atoms with Crippen LogP contribution in [0.2, 0.25) is 0 Å². The van der Waals surface area contributed by atoms with Crippen molar-refractivity contribution in [3.63, 3.8) is 0 Å². The molecule has 3 aromatic rings. The molecule has 3 N–H and O–H groups in total. The first kappa shape index (κ1) is 11.5. The summed E-state index contributed by atoms with van der Waals surface area (Å²) in [5.74, 6) is 0.817. The Hall–Kier alpha value is -2.62. The molecule has 0 amide bonds. The minimum Gasteiger partial charge on any atom is -0.397 e. The summed E-state index contributed by atoms with van der Waals surface area (Å²) in [6, 6.07) is 11.9. The van der Waals surface area contributed by atoms with Crippen molar-refractivity contribution in [2.75, 3.05) is 11.1 Å². The zero-order valence-corrected chi connectivity index (χ0v) is 10.6. The molecule has 4 nitrogen and oxygen atoms in total. The van der Waals surface area contributed by atoms with Gasteiger partial charge in [0.05, 0.1) is 17.4 Å². The molecule has 3 rings (SSSR count). The van der Waals surface area contributed by atoms with Gasteiger partial charge in [0.25, 0.3) is 0 Å². The van der Waals surface area contributed by atoms with Crippen LogP contribution in [0, 0.1) is 6.92 Å². The molecule has 2 heterocycles. The molecular weight excluding hydrogens is 236 g/mol. The number of nitrogen functional groups attached to an aromatic ring is 1. The molecule has 0 aliphatic carbocycles. The van der Waals surface area contributed by atoms with Crippen molar-refractivity contribution >= 4 is 28.1 Å². The SMILES string of the molecule is Cc1cc(N)cnc1Nc1ccc2ncccc2c1. The highest BCUT2D eigenvalue weighted by Crippen LogP contribution is 2.22. The number of benzene rings is 1. The van der Waals surface area contributed by atoms with E-state index in [9.17, 15) is 0 Å². The van der Waals surface area contributed by atoms with E-state index in [4.69, 9.17) is 5.73 Å². The van der Waals surface area contributed by atoms with Crippen LogP contribution in [0.1, 0.15) is 5.56 Å².